The van der Waals surface area contributed by atoms with Gasteiger partial charge in [0.05, 0.1) is 11.9 Å². The van der Waals surface area contributed by atoms with Crippen LogP contribution in [-0.4, -0.2) is 22.5 Å². The number of aromatic nitrogens is 1. The molecule has 0 spiro atoms. The van der Waals surface area contributed by atoms with Gasteiger partial charge in [-0.05, 0) is 24.3 Å². The minimum Gasteiger partial charge on any atom is -0.439 e. The molecular weight excluding hydrogens is 358 g/mol. The topological polar surface area (TPSA) is 119 Å². The van der Waals surface area contributed by atoms with E-state index >= 15 is 0 Å². The largest absolute Gasteiger partial charge is 0.439 e. The number of hydrogen-bond donors (Lipinski definition) is 2. The van der Waals surface area contributed by atoms with Gasteiger partial charge >= 0.3 is 0 Å². The van der Waals surface area contributed by atoms with Crippen LogP contribution in [0.5, 0.6) is 11.6 Å². The molecule has 8 heteroatoms. The zero-order valence-electron chi connectivity index (χ0n) is 15.1. The zero-order chi connectivity index (χ0) is 20.0. The molecule has 2 heterocycles. The highest BCUT2D eigenvalue weighted by Gasteiger charge is 2.39. The summed E-state index contributed by atoms with van der Waals surface area (Å²) in [7, 11) is 0. The number of nitrogens with zero attached hydrogens (tertiary/aromatic N) is 3. The molecule has 1 aliphatic rings. The summed E-state index contributed by atoms with van der Waals surface area (Å²) in [6.07, 6.45) is 8.82. The lowest BCUT2D eigenvalue weighted by Crippen LogP contribution is -2.17. The van der Waals surface area contributed by atoms with E-state index in [4.69, 9.17) is 16.9 Å². The molecule has 0 fully saturated rings. The summed E-state index contributed by atoms with van der Waals surface area (Å²) in [6, 6.07) is 9.78. The Morgan fingerprint density at radius 2 is 2.04 bits per heavy atom. The van der Waals surface area contributed by atoms with E-state index < -0.39 is 11.6 Å². The number of carbonyl (C=O) groups is 2. The molecule has 1 aliphatic heterocycles. The van der Waals surface area contributed by atoms with Crippen molar-refractivity contribution in [3.05, 3.63) is 48.2 Å². The van der Waals surface area contributed by atoms with Gasteiger partial charge in [0.1, 0.15) is 5.75 Å². The van der Waals surface area contributed by atoms with Crippen LogP contribution in [-0.2, 0) is 4.79 Å². The number of amides is 2. The molecule has 2 aromatic rings. The predicted molar refractivity (Wildman–Crippen MR) is 103 cm³/mol. The maximum Gasteiger partial charge on any atom is 0.248 e. The Bertz CT molecular complexity index is 941. The number of hydrogen-bond acceptors (Lipinski definition) is 6. The molecule has 0 bridgehead atoms. The Hall–Kier alpha value is -3.73. The molecule has 3 N–H and O–H groups in total. The summed E-state index contributed by atoms with van der Waals surface area (Å²) >= 11 is 0. The fraction of sp³-hybridized carbons (Fsp3) is 0.250. The molecule has 8 nitrogen and oxygen atoms in total. The number of anilines is 1. The molecule has 0 unspecified atom stereocenters. The molecule has 0 aliphatic carbocycles. The molecule has 0 radical (unpaired) electrons. The van der Waals surface area contributed by atoms with Crippen LogP contribution < -0.4 is 15.8 Å². The van der Waals surface area contributed by atoms with Crippen molar-refractivity contribution in [2.24, 2.45) is 16.0 Å². The summed E-state index contributed by atoms with van der Waals surface area (Å²) in [6.45, 7) is 0. The van der Waals surface area contributed by atoms with Crippen molar-refractivity contribution in [3.8, 4) is 24.0 Å². The third-order valence-corrected chi connectivity index (χ3v) is 4.17. The Balaban J connectivity index is 1.50. The normalized spacial score (nSPS) is 13.4. The number of nitrogens with one attached hydrogen (secondary N) is 1. The number of pyridine rings is 1. The summed E-state index contributed by atoms with van der Waals surface area (Å²) < 4.78 is 5.59. The Morgan fingerprint density at radius 3 is 2.68 bits per heavy atom. The molecule has 1 aromatic carbocycles. The number of nitrogens with two attached hydrogens (primary N) is 1. The molecule has 3 rings (SSSR count). The van der Waals surface area contributed by atoms with E-state index in [-0.39, 0.29) is 12.3 Å². The third-order valence-electron chi connectivity index (χ3n) is 4.17. The van der Waals surface area contributed by atoms with Crippen molar-refractivity contribution in [2.45, 2.75) is 31.3 Å². The van der Waals surface area contributed by atoms with Crippen LogP contribution in [0.4, 0.5) is 5.69 Å². The van der Waals surface area contributed by atoms with Crippen molar-refractivity contribution < 1.29 is 14.3 Å². The summed E-state index contributed by atoms with van der Waals surface area (Å²) in [5.41, 5.74) is 5.67. The summed E-state index contributed by atoms with van der Waals surface area (Å²) in [5, 5.41) is 10.8. The standard InChI is InChI=1S/C20H19N5O3/c1-2-3-10-20(24-25-20)11-9-17(26)23-15-7-8-18(22-13-15)28-16-6-4-5-14(12-16)19(21)27/h1,4-8,12-13H,3,9-11H2,(H2,21,27)(H,23,26). The van der Waals surface area contributed by atoms with Crippen molar-refractivity contribution in [1.29, 1.82) is 0 Å². The monoisotopic (exact) mass is 377 g/mol. The van der Waals surface area contributed by atoms with E-state index in [1.807, 2.05) is 0 Å². The number of carbonyl (C=O) groups excluding carboxylic acids is 2. The molecule has 28 heavy (non-hydrogen) atoms. The van der Waals surface area contributed by atoms with Gasteiger partial charge in [0.2, 0.25) is 17.7 Å². The Morgan fingerprint density at radius 1 is 1.21 bits per heavy atom. The van der Waals surface area contributed by atoms with E-state index in [9.17, 15) is 9.59 Å². The first-order valence-electron chi connectivity index (χ1n) is 8.71. The Labute approximate surface area is 162 Å². The van der Waals surface area contributed by atoms with Crippen molar-refractivity contribution in [1.82, 2.24) is 4.98 Å². The lowest BCUT2D eigenvalue weighted by atomic mass is 10.0. The minimum absolute atomic E-state index is 0.151. The lowest BCUT2D eigenvalue weighted by molar-refractivity contribution is -0.116. The number of benzene rings is 1. The fourth-order valence-electron chi connectivity index (χ4n) is 2.55. The molecule has 142 valence electrons. The maximum atomic E-state index is 12.1. The first kappa shape index (κ1) is 19.0. The number of terminal acetylenes is 1. The van der Waals surface area contributed by atoms with Crippen LogP contribution in [0.3, 0.4) is 0 Å². The first-order chi connectivity index (χ1) is 13.5. The van der Waals surface area contributed by atoms with E-state index in [1.54, 1.807) is 30.3 Å². The minimum atomic E-state index is -0.538. The molecular formula is C20H19N5O3. The predicted octanol–water partition coefficient (Wildman–Crippen LogP) is 3.27. The second-order valence-electron chi connectivity index (χ2n) is 6.31. The smallest absolute Gasteiger partial charge is 0.248 e. The van der Waals surface area contributed by atoms with Crippen molar-refractivity contribution in [2.75, 3.05) is 5.32 Å². The van der Waals surface area contributed by atoms with Crippen LogP contribution in [0.15, 0.2) is 52.8 Å². The summed E-state index contributed by atoms with van der Waals surface area (Å²) in [4.78, 5) is 27.5. The molecule has 0 saturated heterocycles. The van der Waals surface area contributed by atoms with E-state index in [1.165, 1.54) is 12.3 Å². The van der Waals surface area contributed by atoms with E-state index in [0.29, 0.717) is 42.1 Å². The van der Waals surface area contributed by atoms with Gasteiger partial charge in [0.15, 0.2) is 5.66 Å². The molecule has 0 saturated carbocycles. The van der Waals surface area contributed by atoms with Gasteiger partial charge in [0.25, 0.3) is 0 Å². The number of rotatable bonds is 9. The van der Waals surface area contributed by atoms with Crippen LogP contribution in [0, 0.1) is 12.3 Å². The van der Waals surface area contributed by atoms with Gasteiger partial charge in [0, 0.05) is 37.3 Å². The fourth-order valence-corrected chi connectivity index (χ4v) is 2.55. The SMILES string of the molecule is C#CCCC1(CCC(=O)Nc2ccc(Oc3cccc(C(N)=O)c3)nc2)N=N1. The maximum absolute atomic E-state index is 12.1. The highest BCUT2D eigenvalue weighted by atomic mass is 16.5. The highest BCUT2D eigenvalue weighted by molar-refractivity contribution is 5.93. The van der Waals surface area contributed by atoms with Crippen molar-refractivity contribution >= 4 is 17.5 Å². The van der Waals surface area contributed by atoms with Crippen LogP contribution in [0.1, 0.15) is 36.0 Å². The van der Waals surface area contributed by atoms with Crippen LogP contribution in [0.25, 0.3) is 0 Å². The second kappa shape index (κ2) is 8.31. The first-order valence-corrected chi connectivity index (χ1v) is 8.71. The quantitative estimate of drug-likeness (QED) is 0.652. The zero-order valence-corrected chi connectivity index (χ0v) is 15.1. The molecule has 2 amide bonds. The molecule has 1 aromatic heterocycles. The average Bonchev–Trinajstić information content (AvgIpc) is 3.47. The third kappa shape index (κ3) is 5.14. The highest BCUT2D eigenvalue weighted by Crippen LogP contribution is 2.37. The van der Waals surface area contributed by atoms with Gasteiger partial charge in [-0.2, -0.15) is 10.2 Å². The molecule has 0 atom stereocenters. The number of primary amides is 1. The van der Waals surface area contributed by atoms with Crippen molar-refractivity contribution in [3.63, 3.8) is 0 Å². The van der Waals surface area contributed by atoms with Gasteiger partial charge in [-0.1, -0.05) is 6.07 Å². The van der Waals surface area contributed by atoms with E-state index in [0.717, 1.165) is 0 Å². The van der Waals surface area contributed by atoms with Gasteiger partial charge in [-0.3, -0.25) is 9.59 Å². The second-order valence-corrected chi connectivity index (χ2v) is 6.31. The average molecular weight is 377 g/mol. The van der Waals surface area contributed by atoms with Gasteiger partial charge in [-0.25, -0.2) is 4.98 Å². The van der Waals surface area contributed by atoms with Gasteiger partial charge in [-0.15, -0.1) is 12.3 Å². The lowest BCUT2D eigenvalue weighted by Gasteiger charge is -2.10. The Kier molecular flexibility index (Phi) is 5.65. The summed E-state index contributed by atoms with van der Waals surface area (Å²) in [5.74, 6) is 2.63. The van der Waals surface area contributed by atoms with E-state index in [2.05, 4.69) is 26.4 Å². The van der Waals surface area contributed by atoms with Crippen LogP contribution in [0.2, 0.25) is 0 Å². The van der Waals surface area contributed by atoms with Crippen LogP contribution >= 0.6 is 0 Å². The van der Waals surface area contributed by atoms with Gasteiger partial charge < -0.3 is 15.8 Å². The number of ether oxygens (including phenoxy) is 1.